The van der Waals surface area contributed by atoms with Gasteiger partial charge in [0.05, 0.1) is 12.1 Å². The minimum Gasteiger partial charge on any atom is -0.383 e. The SMILES string of the molecule is Cc1ccc(C(=O)N(CC(C)C)c2c(N)n(Cc3ccccc3)c(=O)[nH]c2=O)cn1. The second-order valence-corrected chi connectivity index (χ2v) is 7.56. The maximum atomic E-state index is 13.2. The molecule has 0 unspecified atom stereocenters. The first-order chi connectivity index (χ1) is 14.3. The number of amides is 1. The molecule has 3 N–H and O–H groups in total. The highest BCUT2D eigenvalue weighted by Crippen LogP contribution is 2.21. The first kappa shape index (κ1) is 21.0. The van der Waals surface area contributed by atoms with Crippen LogP contribution in [0.1, 0.15) is 35.5 Å². The molecule has 30 heavy (non-hydrogen) atoms. The van der Waals surface area contributed by atoms with Gasteiger partial charge in [-0.1, -0.05) is 44.2 Å². The summed E-state index contributed by atoms with van der Waals surface area (Å²) in [6, 6.07) is 12.7. The summed E-state index contributed by atoms with van der Waals surface area (Å²) in [5.74, 6) is -0.402. The van der Waals surface area contributed by atoms with Crippen LogP contribution in [-0.4, -0.2) is 27.0 Å². The summed E-state index contributed by atoms with van der Waals surface area (Å²) in [4.78, 5) is 46.2. The van der Waals surface area contributed by atoms with Gasteiger partial charge < -0.3 is 10.6 Å². The Kier molecular flexibility index (Phi) is 6.15. The number of nitrogen functional groups attached to an aromatic ring is 1. The molecule has 0 saturated heterocycles. The van der Waals surface area contributed by atoms with Crippen molar-refractivity contribution >= 4 is 17.4 Å². The lowest BCUT2D eigenvalue weighted by molar-refractivity contribution is 0.0983. The number of benzene rings is 1. The highest BCUT2D eigenvalue weighted by molar-refractivity contribution is 6.07. The van der Waals surface area contributed by atoms with Gasteiger partial charge in [0.15, 0.2) is 5.69 Å². The highest BCUT2D eigenvalue weighted by Gasteiger charge is 2.26. The standard InChI is InChI=1S/C22H25N5O3/c1-14(2)12-26(21(29)17-10-9-15(3)24-11-17)18-19(23)27(22(30)25-20(18)28)13-16-7-5-4-6-8-16/h4-11,14H,12-13,23H2,1-3H3,(H,25,28,30). The fraction of sp³-hybridized carbons (Fsp3) is 0.273. The van der Waals surface area contributed by atoms with Crippen LogP contribution >= 0.6 is 0 Å². The van der Waals surface area contributed by atoms with Crippen LogP contribution in [-0.2, 0) is 6.54 Å². The van der Waals surface area contributed by atoms with Crippen LogP contribution in [0.4, 0.5) is 11.5 Å². The zero-order valence-electron chi connectivity index (χ0n) is 17.3. The van der Waals surface area contributed by atoms with Crippen molar-refractivity contribution in [2.75, 3.05) is 17.2 Å². The molecule has 1 amide bonds. The summed E-state index contributed by atoms with van der Waals surface area (Å²) < 4.78 is 1.26. The number of hydrogen-bond acceptors (Lipinski definition) is 5. The van der Waals surface area contributed by atoms with Gasteiger partial charge in [-0.25, -0.2) is 4.79 Å². The molecule has 3 rings (SSSR count). The molecule has 0 spiro atoms. The Bertz CT molecular complexity index is 1150. The number of nitrogens with zero attached hydrogens (tertiary/aromatic N) is 3. The number of rotatable bonds is 6. The fourth-order valence-electron chi connectivity index (χ4n) is 3.15. The molecule has 0 bridgehead atoms. The Hall–Kier alpha value is -3.68. The van der Waals surface area contributed by atoms with Gasteiger partial charge in [-0.3, -0.25) is 24.1 Å². The molecule has 3 aromatic rings. The molecule has 2 aromatic heterocycles. The average Bonchev–Trinajstić information content (AvgIpc) is 2.71. The van der Waals surface area contributed by atoms with Crippen LogP contribution in [0, 0.1) is 12.8 Å². The molecule has 1 aromatic carbocycles. The molecule has 0 aliphatic rings. The minimum absolute atomic E-state index is 0.0372. The van der Waals surface area contributed by atoms with E-state index in [9.17, 15) is 14.4 Å². The van der Waals surface area contributed by atoms with Gasteiger partial charge >= 0.3 is 5.69 Å². The summed E-state index contributed by atoms with van der Waals surface area (Å²) in [5, 5.41) is 0. The van der Waals surface area contributed by atoms with Crippen molar-refractivity contribution < 1.29 is 4.79 Å². The summed E-state index contributed by atoms with van der Waals surface area (Å²) in [6.07, 6.45) is 1.47. The summed E-state index contributed by atoms with van der Waals surface area (Å²) >= 11 is 0. The van der Waals surface area contributed by atoms with Crippen LogP contribution < -0.4 is 21.9 Å². The number of aromatic amines is 1. The minimum atomic E-state index is -0.698. The van der Waals surface area contributed by atoms with Crippen molar-refractivity contribution in [2.45, 2.75) is 27.3 Å². The van der Waals surface area contributed by atoms with E-state index in [1.54, 1.807) is 12.1 Å². The third-order valence-corrected chi connectivity index (χ3v) is 4.62. The largest absolute Gasteiger partial charge is 0.383 e. The molecule has 0 radical (unpaired) electrons. The predicted molar refractivity (Wildman–Crippen MR) is 117 cm³/mol. The third-order valence-electron chi connectivity index (χ3n) is 4.62. The second-order valence-electron chi connectivity index (χ2n) is 7.56. The van der Waals surface area contributed by atoms with Crippen molar-refractivity contribution in [3.05, 3.63) is 86.3 Å². The molecule has 2 heterocycles. The van der Waals surface area contributed by atoms with E-state index in [1.807, 2.05) is 51.1 Å². The van der Waals surface area contributed by atoms with E-state index in [1.165, 1.54) is 15.7 Å². The Labute approximate surface area is 174 Å². The maximum Gasteiger partial charge on any atom is 0.330 e. The van der Waals surface area contributed by atoms with E-state index >= 15 is 0 Å². The number of carbonyl (C=O) groups is 1. The summed E-state index contributed by atoms with van der Waals surface area (Å²) in [5.41, 5.74) is 6.87. The molecule has 0 atom stereocenters. The predicted octanol–water partition coefficient (Wildman–Crippen LogP) is 2.17. The molecular formula is C22H25N5O3. The number of aromatic nitrogens is 3. The van der Waals surface area contributed by atoms with Gasteiger partial charge in [-0.05, 0) is 30.5 Å². The van der Waals surface area contributed by atoms with Crippen LogP contribution in [0.25, 0.3) is 0 Å². The van der Waals surface area contributed by atoms with Crippen molar-refractivity contribution in [1.82, 2.24) is 14.5 Å². The molecule has 0 aliphatic carbocycles. The maximum absolute atomic E-state index is 13.2. The third kappa shape index (κ3) is 4.48. The Morgan fingerprint density at radius 3 is 2.47 bits per heavy atom. The number of anilines is 2. The lowest BCUT2D eigenvalue weighted by Crippen LogP contribution is -2.42. The molecule has 0 saturated carbocycles. The molecule has 0 aliphatic heterocycles. The smallest absolute Gasteiger partial charge is 0.330 e. The van der Waals surface area contributed by atoms with Gasteiger partial charge in [0.1, 0.15) is 5.82 Å². The van der Waals surface area contributed by atoms with E-state index < -0.39 is 17.2 Å². The van der Waals surface area contributed by atoms with E-state index in [0.717, 1.165) is 11.3 Å². The van der Waals surface area contributed by atoms with E-state index in [4.69, 9.17) is 5.73 Å². The van der Waals surface area contributed by atoms with Gasteiger partial charge in [0, 0.05) is 18.4 Å². The molecule has 156 valence electrons. The fourth-order valence-corrected chi connectivity index (χ4v) is 3.15. The number of hydrogen-bond donors (Lipinski definition) is 2. The molecule has 0 fully saturated rings. The van der Waals surface area contributed by atoms with Crippen molar-refractivity contribution in [3.8, 4) is 0 Å². The van der Waals surface area contributed by atoms with E-state index in [2.05, 4.69) is 9.97 Å². The number of H-pyrrole nitrogens is 1. The highest BCUT2D eigenvalue weighted by atomic mass is 16.2. The first-order valence-electron chi connectivity index (χ1n) is 9.69. The van der Waals surface area contributed by atoms with Gasteiger partial charge in [-0.15, -0.1) is 0 Å². The van der Waals surface area contributed by atoms with E-state index in [0.29, 0.717) is 5.56 Å². The number of nitrogens with one attached hydrogen (secondary N) is 1. The van der Waals surface area contributed by atoms with Crippen LogP contribution in [0.5, 0.6) is 0 Å². The van der Waals surface area contributed by atoms with Gasteiger partial charge in [0.2, 0.25) is 0 Å². The Balaban J connectivity index is 2.12. The van der Waals surface area contributed by atoms with Crippen LogP contribution in [0.2, 0.25) is 0 Å². The van der Waals surface area contributed by atoms with Crippen molar-refractivity contribution in [1.29, 1.82) is 0 Å². The lowest BCUT2D eigenvalue weighted by atomic mass is 10.1. The van der Waals surface area contributed by atoms with Crippen molar-refractivity contribution in [2.24, 2.45) is 5.92 Å². The number of nitrogens with two attached hydrogens (primary N) is 1. The van der Waals surface area contributed by atoms with Gasteiger partial charge in [0.25, 0.3) is 11.5 Å². The molecular weight excluding hydrogens is 382 g/mol. The Morgan fingerprint density at radius 2 is 1.87 bits per heavy atom. The molecule has 8 nitrogen and oxygen atoms in total. The summed E-state index contributed by atoms with van der Waals surface area (Å²) in [6.45, 7) is 6.10. The zero-order chi connectivity index (χ0) is 21.8. The number of aryl methyl sites for hydroxylation is 1. The van der Waals surface area contributed by atoms with Crippen molar-refractivity contribution in [3.63, 3.8) is 0 Å². The van der Waals surface area contributed by atoms with Crippen LogP contribution in [0.15, 0.2) is 58.3 Å². The monoisotopic (exact) mass is 407 g/mol. The van der Waals surface area contributed by atoms with Gasteiger partial charge in [-0.2, -0.15) is 0 Å². The Morgan fingerprint density at radius 1 is 1.17 bits per heavy atom. The normalized spacial score (nSPS) is 10.9. The lowest BCUT2D eigenvalue weighted by Gasteiger charge is -2.26. The average molecular weight is 407 g/mol. The number of carbonyl (C=O) groups excluding carboxylic acids is 1. The number of pyridine rings is 1. The quantitative estimate of drug-likeness (QED) is 0.650. The van der Waals surface area contributed by atoms with Crippen LogP contribution in [0.3, 0.4) is 0 Å². The topological polar surface area (TPSA) is 114 Å². The zero-order valence-corrected chi connectivity index (χ0v) is 17.3. The molecule has 8 heteroatoms. The van der Waals surface area contributed by atoms with E-state index in [-0.39, 0.29) is 30.5 Å². The first-order valence-corrected chi connectivity index (χ1v) is 9.69. The summed E-state index contributed by atoms with van der Waals surface area (Å²) in [7, 11) is 0. The second kappa shape index (κ2) is 8.77.